The number of hydrogen-bond donors (Lipinski definition) is 2. The second kappa shape index (κ2) is 6.49. The molecule has 1 aromatic heterocycles. The molecule has 1 saturated heterocycles. The Morgan fingerprint density at radius 3 is 3.08 bits per heavy atom. The summed E-state index contributed by atoms with van der Waals surface area (Å²) in [6, 6.07) is 4.89. The maximum Gasteiger partial charge on any atom is 0.227 e. The average molecular weight is 334 g/mol. The third kappa shape index (κ3) is 3.14. The van der Waals surface area contributed by atoms with E-state index in [0.29, 0.717) is 36.4 Å². The number of halogens is 1. The van der Waals surface area contributed by atoms with Crippen molar-refractivity contribution in [1.29, 1.82) is 0 Å². The number of nitrogens with zero attached hydrogens (tertiary/aromatic N) is 2. The van der Waals surface area contributed by atoms with E-state index in [1.807, 2.05) is 19.9 Å². The Hall–Kier alpha value is -1.99. The molecule has 0 spiro atoms. The summed E-state index contributed by atoms with van der Waals surface area (Å²) < 4.78 is 21.0. The number of ether oxygens (including phenoxy) is 1. The van der Waals surface area contributed by atoms with Crippen molar-refractivity contribution in [3.63, 3.8) is 0 Å². The Kier molecular flexibility index (Phi) is 4.56. The molecule has 1 aliphatic heterocycles. The minimum atomic E-state index is -0.726. The second-order valence-corrected chi connectivity index (χ2v) is 6.70. The van der Waals surface area contributed by atoms with Gasteiger partial charge in [-0.15, -0.1) is 0 Å². The molecule has 6 nitrogen and oxygen atoms in total. The van der Waals surface area contributed by atoms with Crippen LogP contribution in [0.1, 0.15) is 19.5 Å². The van der Waals surface area contributed by atoms with E-state index in [2.05, 4.69) is 15.7 Å². The Morgan fingerprint density at radius 2 is 2.29 bits per heavy atom. The Balaban J connectivity index is 1.88. The lowest BCUT2D eigenvalue weighted by Gasteiger charge is -2.27. The lowest BCUT2D eigenvalue weighted by molar-refractivity contribution is -0.128. The van der Waals surface area contributed by atoms with Crippen LogP contribution in [-0.4, -0.2) is 42.0 Å². The van der Waals surface area contributed by atoms with Gasteiger partial charge in [-0.2, -0.15) is 5.10 Å². The zero-order chi connectivity index (χ0) is 17.3. The van der Waals surface area contributed by atoms with Crippen molar-refractivity contribution in [2.24, 2.45) is 13.0 Å². The van der Waals surface area contributed by atoms with Gasteiger partial charge < -0.3 is 15.4 Å². The minimum Gasteiger partial charge on any atom is -0.379 e. The van der Waals surface area contributed by atoms with Gasteiger partial charge in [-0.3, -0.25) is 9.48 Å². The van der Waals surface area contributed by atoms with Gasteiger partial charge in [-0.05, 0) is 19.9 Å². The molecule has 1 fully saturated rings. The molecule has 2 heterocycles. The van der Waals surface area contributed by atoms with E-state index in [1.54, 1.807) is 13.1 Å². The van der Waals surface area contributed by atoms with Crippen molar-refractivity contribution in [1.82, 2.24) is 20.4 Å². The normalized spacial score (nSPS) is 19.2. The van der Waals surface area contributed by atoms with Gasteiger partial charge in [0.15, 0.2) is 0 Å². The van der Waals surface area contributed by atoms with Crippen molar-refractivity contribution in [3.8, 4) is 0 Å². The summed E-state index contributed by atoms with van der Waals surface area (Å²) in [4.78, 5) is 12.6. The van der Waals surface area contributed by atoms with Gasteiger partial charge in [0.2, 0.25) is 5.91 Å². The van der Waals surface area contributed by atoms with Gasteiger partial charge in [-0.1, -0.05) is 12.1 Å². The van der Waals surface area contributed by atoms with Crippen LogP contribution in [0, 0.1) is 11.7 Å². The number of para-hydroxylation sites is 1. The van der Waals surface area contributed by atoms with Crippen LogP contribution in [-0.2, 0) is 22.1 Å². The molecule has 2 aromatic rings. The Bertz CT molecular complexity index is 748. The van der Waals surface area contributed by atoms with E-state index < -0.39 is 5.54 Å². The highest BCUT2D eigenvalue weighted by atomic mass is 19.1. The first-order chi connectivity index (χ1) is 11.4. The van der Waals surface area contributed by atoms with Crippen LogP contribution in [0.5, 0.6) is 0 Å². The number of hydrogen-bond acceptors (Lipinski definition) is 4. The maximum absolute atomic E-state index is 14.1. The van der Waals surface area contributed by atoms with Crippen LogP contribution in [0.3, 0.4) is 0 Å². The van der Waals surface area contributed by atoms with Crippen LogP contribution in [0.4, 0.5) is 4.39 Å². The van der Waals surface area contributed by atoms with Crippen molar-refractivity contribution < 1.29 is 13.9 Å². The van der Waals surface area contributed by atoms with Crippen LogP contribution in [0.25, 0.3) is 10.9 Å². The zero-order valence-electron chi connectivity index (χ0n) is 14.2. The summed E-state index contributed by atoms with van der Waals surface area (Å²) in [5, 5.41) is 11.4. The topological polar surface area (TPSA) is 68.2 Å². The molecule has 1 atom stereocenters. The molecule has 0 bridgehead atoms. The molecule has 1 aromatic carbocycles. The van der Waals surface area contributed by atoms with Gasteiger partial charge in [-0.25, -0.2) is 4.39 Å². The van der Waals surface area contributed by atoms with Crippen LogP contribution < -0.4 is 10.6 Å². The zero-order valence-corrected chi connectivity index (χ0v) is 14.2. The molecular weight excluding hydrogens is 311 g/mol. The number of carbonyl (C=O) groups excluding carboxylic acids is 1. The second-order valence-electron chi connectivity index (χ2n) is 6.70. The molecule has 24 heavy (non-hydrogen) atoms. The summed E-state index contributed by atoms with van der Waals surface area (Å²) in [6.45, 7) is 6.09. The van der Waals surface area contributed by atoms with Crippen LogP contribution in [0.2, 0.25) is 0 Å². The summed E-state index contributed by atoms with van der Waals surface area (Å²) in [6.07, 6.45) is 0. The standard InChI is InChI=1S/C17H23FN4O2/c1-17(2,20-16(23)11-9-19-7-8-24-10-11)15-12-5-4-6-13(18)14(12)22(3)21-15/h4-6,11,19H,7-10H2,1-3H3,(H,20,23)/t11-/m0/s1. The Labute approximate surface area is 140 Å². The molecule has 7 heteroatoms. The van der Waals surface area contributed by atoms with Gasteiger partial charge in [0.05, 0.1) is 30.4 Å². The SMILES string of the molecule is Cn1nc(C(C)(C)NC(=O)[C@H]2CNCCOC2)c2cccc(F)c21. The highest BCUT2D eigenvalue weighted by molar-refractivity contribution is 5.85. The number of aromatic nitrogens is 2. The average Bonchev–Trinajstić information content (AvgIpc) is 2.72. The van der Waals surface area contributed by atoms with Crippen molar-refractivity contribution >= 4 is 16.8 Å². The van der Waals surface area contributed by atoms with Gasteiger partial charge in [0.25, 0.3) is 0 Å². The number of nitrogens with one attached hydrogen (secondary N) is 2. The summed E-state index contributed by atoms with van der Waals surface area (Å²) in [7, 11) is 1.70. The first-order valence-electron chi connectivity index (χ1n) is 8.12. The Morgan fingerprint density at radius 1 is 1.50 bits per heavy atom. The van der Waals surface area contributed by atoms with E-state index in [1.165, 1.54) is 10.7 Å². The monoisotopic (exact) mass is 334 g/mol. The number of aryl methyl sites for hydroxylation is 1. The van der Waals surface area contributed by atoms with Gasteiger partial charge >= 0.3 is 0 Å². The number of fused-ring (bicyclic) bond motifs is 1. The van der Waals surface area contributed by atoms with Crippen LogP contribution in [0.15, 0.2) is 18.2 Å². The fourth-order valence-electron chi connectivity index (χ4n) is 3.09. The molecule has 3 rings (SSSR count). The third-order valence-electron chi connectivity index (χ3n) is 4.35. The quantitative estimate of drug-likeness (QED) is 0.888. The molecule has 0 radical (unpaired) electrons. The number of amides is 1. The summed E-state index contributed by atoms with van der Waals surface area (Å²) >= 11 is 0. The first-order valence-corrected chi connectivity index (χ1v) is 8.12. The molecule has 0 aliphatic carbocycles. The van der Waals surface area contributed by atoms with Crippen molar-refractivity contribution in [3.05, 3.63) is 29.7 Å². The number of rotatable bonds is 3. The first kappa shape index (κ1) is 16.9. The van der Waals surface area contributed by atoms with Crippen molar-refractivity contribution in [2.45, 2.75) is 19.4 Å². The predicted molar refractivity (Wildman–Crippen MR) is 89.0 cm³/mol. The third-order valence-corrected chi connectivity index (χ3v) is 4.35. The highest BCUT2D eigenvalue weighted by Crippen LogP contribution is 2.29. The van der Waals surface area contributed by atoms with Gasteiger partial charge in [0.1, 0.15) is 11.3 Å². The van der Waals surface area contributed by atoms with E-state index in [0.717, 1.165) is 6.54 Å². The molecule has 1 aliphatic rings. The predicted octanol–water partition coefficient (Wildman–Crippen LogP) is 1.30. The fraction of sp³-hybridized carbons (Fsp3) is 0.529. The molecular formula is C17H23FN4O2. The maximum atomic E-state index is 14.1. The lowest BCUT2D eigenvalue weighted by Crippen LogP contribution is -2.47. The van der Waals surface area contributed by atoms with Gasteiger partial charge in [0, 0.05) is 25.5 Å². The largest absolute Gasteiger partial charge is 0.379 e. The number of carbonyl (C=O) groups is 1. The minimum absolute atomic E-state index is 0.0930. The molecule has 0 unspecified atom stereocenters. The number of benzene rings is 1. The van der Waals surface area contributed by atoms with E-state index in [4.69, 9.17) is 4.74 Å². The van der Waals surface area contributed by atoms with E-state index in [-0.39, 0.29) is 17.6 Å². The fourth-order valence-corrected chi connectivity index (χ4v) is 3.09. The molecule has 130 valence electrons. The van der Waals surface area contributed by atoms with E-state index in [9.17, 15) is 9.18 Å². The lowest BCUT2D eigenvalue weighted by atomic mass is 9.96. The smallest absolute Gasteiger partial charge is 0.227 e. The molecule has 1 amide bonds. The summed E-state index contributed by atoms with van der Waals surface area (Å²) in [5.74, 6) is -0.666. The van der Waals surface area contributed by atoms with E-state index >= 15 is 0 Å². The molecule has 0 saturated carbocycles. The van der Waals surface area contributed by atoms with Crippen molar-refractivity contribution in [2.75, 3.05) is 26.3 Å². The highest BCUT2D eigenvalue weighted by Gasteiger charge is 2.32. The van der Waals surface area contributed by atoms with Crippen LogP contribution >= 0.6 is 0 Å². The summed E-state index contributed by atoms with van der Waals surface area (Å²) in [5.41, 5.74) is 0.362. The molecule has 2 N–H and O–H groups in total.